The number of hydrogen-bond donors (Lipinski definition) is 1. The molecule has 4 aromatic rings. The summed E-state index contributed by atoms with van der Waals surface area (Å²) in [6.07, 6.45) is 4.96. The molecule has 6 nitrogen and oxygen atoms in total. The van der Waals surface area contributed by atoms with Crippen LogP contribution in [0.15, 0.2) is 65.2 Å². The van der Waals surface area contributed by atoms with Crippen LogP contribution in [0.1, 0.15) is 51.8 Å². The topological polar surface area (TPSA) is 73.0 Å². The Morgan fingerprint density at radius 3 is 2.71 bits per heavy atom. The van der Waals surface area contributed by atoms with Crippen molar-refractivity contribution in [1.82, 2.24) is 14.8 Å². The average Bonchev–Trinajstić information content (AvgIpc) is 3.37. The van der Waals surface area contributed by atoms with E-state index >= 15 is 0 Å². The fourth-order valence-corrected chi connectivity index (χ4v) is 4.30. The fourth-order valence-electron chi connectivity index (χ4n) is 4.30. The van der Waals surface area contributed by atoms with Crippen molar-refractivity contribution in [2.45, 2.75) is 39.2 Å². The minimum atomic E-state index is -0.294. The molecule has 2 heterocycles. The first kappa shape index (κ1) is 19.3. The van der Waals surface area contributed by atoms with Gasteiger partial charge in [-0.25, -0.2) is 9.67 Å². The number of rotatable bonds is 4. The predicted molar refractivity (Wildman–Crippen MR) is 119 cm³/mol. The molecule has 0 fully saturated rings. The van der Waals surface area contributed by atoms with Crippen LogP contribution in [0, 0.1) is 13.8 Å². The van der Waals surface area contributed by atoms with E-state index in [-0.39, 0.29) is 17.6 Å². The highest BCUT2D eigenvalue weighted by atomic mass is 16.4. The first-order valence-corrected chi connectivity index (χ1v) is 10.6. The van der Waals surface area contributed by atoms with Gasteiger partial charge in [-0.2, -0.15) is 5.10 Å². The second-order valence-electron chi connectivity index (χ2n) is 7.97. The quantitative estimate of drug-likeness (QED) is 0.491. The zero-order valence-corrected chi connectivity index (χ0v) is 17.6. The number of hydrogen-bond acceptors (Lipinski definition) is 4. The van der Waals surface area contributed by atoms with Gasteiger partial charge in [0.2, 0.25) is 5.89 Å². The second-order valence-corrected chi connectivity index (χ2v) is 7.97. The van der Waals surface area contributed by atoms with Crippen molar-refractivity contribution in [3.63, 3.8) is 0 Å². The third-order valence-electron chi connectivity index (χ3n) is 5.88. The van der Waals surface area contributed by atoms with Gasteiger partial charge in [-0.3, -0.25) is 4.79 Å². The Morgan fingerprint density at radius 2 is 1.87 bits per heavy atom. The normalized spacial score (nSPS) is 15.5. The monoisotopic (exact) mass is 412 g/mol. The van der Waals surface area contributed by atoms with Crippen molar-refractivity contribution in [3.8, 4) is 11.5 Å². The van der Waals surface area contributed by atoms with Gasteiger partial charge in [0, 0.05) is 11.1 Å². The summed E-state index contributed by atoms with van der Waals surface area (Å²) in [5.41, 5.74) is 4.67. The maximum atomic E-state index is 13.1. The van der Waals surface area contributed by atoms with Crippen molar-refractivity contribution < 1.29 is 9.21 Å². The summed E-state index contributed by atoms with van der Waals surface area (Å²) in [7, 11) is 0. The summed E-state index contributed by atoms with van der Waals surface area (Å²) in [6.45, 7) is 3.72. The minimum absolute atomic E-state index is 0.104. The third-order valence-corrected chi connectivity index (χ3v) is 5.88. The van der Waals surface area contributed by atoms with Crippen molar-refractivity contribution >= 4 is 11.7 Å². The number of nitrogens with one attached hydrogen (secondary N) is 1. The molecule has 5 rings (SSSR count). The van der Waals surface area contributed by atoms with Gasteiger partial charge in [0.15, 0.2) is 5.69 Å². The summed E-state index contributed by atoms with van der Waals surface area (Å²) < 4.78 is 7.71. The average molecular weight is 412 g/mol. The van der Waals surface area contributed by atoms with Crippen LogP contribution < -0.4 is 5.32 Å². The SMILES string of the molecule is Cc1cnn(C2CCCc3ccccc32)c1NC(=O)c1nc(-c2ccccc2)oc1C. The van der Waals surface area contributed by atoms with Gasteiger partial charge < -0.3 is 9.73 Å². The predicted octanol–water partition coefficient (Wildman–Crippen LogP) is 5.33. The van der Waals surface area contributed by atoms with Crippen LogP contribution in [0.4, 0.5) is 5.82 Å². The largest absolute Gasteiger partial charge is 0.441 e. The van der Waals surface area contributed by atoms with Gasteiger partial charge in [0.25, 0.3) is 5.91 Å². The highest BCUT2D eigenvalue weighted by Crippen LogP contribution is 2.35. The van der Waals surface area contributed by atoms with E-state index < -0.39 is 0 Å². The Morgan fingerprint density at radius 1 is 1.10 bits per heavy atom. The van der Waals surface area contributed by atoms with Crippen LogP contribution in [0.5, 0.6) is 0 Å². The molecule has 1 N–H and O–H groups in total. The number of nitrogens with zero attached hydrogens (tertiary/aromatic N) is 3. The van der Waals surface area contributed by atoms with Crippen LogP contribution >= 0.6 is 0 Å². The summed E-state index contributed by atoms with van der Waals surface area (Å²) in [5, 5.41) is 7.67. The van der Waals surface area contributed by atoms with E-state index in [1.807, 2.05) is 41.9 Å². The smallest absolute Gasteiger partial charge is 0.279 e. The van der Waals surface area contributed by atoms with E-state index in [4.69, 9.17) is 4.42 Å². The molecule has 0 saturated carbocycles. The van der Waals surface area contributed by atoms with E-state index in [2.05, 4.69) is 39.7 Å². The number of aryl methyl sites for hydroxylation is 3. The Labute approximate surface area is 180 Å². The molecule has 1 amide bonds. The fraction of sp³-hybridized carbons (Fsp3) is 0.240. The number of oxazole rings is 1. The molecule has 0 saturated heterocycles. The Balaban J connectivity index is 1.46. The van der Waals surface area contributed by atoms with Crippen LogP contribution in [0.3, 0.4) is 0 Å². The van der Waals surface area contributed by atoms with Crippen molar-refractivity contribution in [1.29, 1.82) is 0 Å². The minimum Gasteiger partial charge on any atom is -0.441 e. The standard InChI is InChI=1S/C25H24N4O2/c1-16-15-26-29(21-14-8-12-18-9-6-7-13-20(18)21)23(16)28-24(30)22-17(2)31-25(27-22)19-10-4-3-5-11-19/h3-7,9-11,13,15,21H,8,12,14H2,1-2H3,(H,28,30). The first-order chi connectivity index (χ1) is 15.1. The van der Waals surface area contributed by atoms with Gasteiger partial charge in [-0.15, -0.1) is 0 Å². The molecule has 0 aliphatic heterocycles. The summed E-state index contributed by atoms with van der Waals surface area (Å²) in [6, 6.07) is 18.2. The number of carbonyl (C=O) groups excluding carboxylic acids is 1. The first-order valence-electron chi connectivity index (χ1n) is 10.6. The zero-order valence-electron chi connectivity index (χ0n) is 17.6. The molecule has 1 aliphatic carbocycles. The molecule has 2 aromatic heterocycles. The number of fused-ring (bicyclic) bond motifs is 1. The van der Waals surface area contributed by atoms with Crippen molar-refractivity contribution in [3.05, 3.63) is 88.9 Å². The van der Waals surface area contributed by atoms with E-state index in [1.54, 1.807) is 13.1 Å². The van der Waals surface area contributed by atoms with E-state index in [0.717, 1.165) is 30.4 Å². The number of aromatic nitrogens is 3. The molecule has 1 aliphatic rings. The van der Waals surface area contributed by atoms with E-state index in [1.165, 1.54) is 11.1 Å². The lowest BCUT2D eigenvalue weighted by atomic mass is 9.88. The highest BCUT2D eigenvalue weighted by molar-refractivity contribution is 6.03. The van der Waals surface area contributed by atoms with Gasteiger partial charge in [0.1, 0.15) is 11.6 Å². The number of benzene rings is 2. The Bertz CT molecular complexity index is 1240. The lowest BCUT2D eigenvalue weighted by Crippen LogP contribution is -2.23. The van der Waals surface area contributed by atoms with Crippen molar-refractivity contribution in [2.24, 2.45) is 0 Å². The maximum Gasteiger partial charge on any atom is 0.279 e. The van der Waals surface area contributed by atoms with E-state index in [9.17, 15) is 4.79 Å². The Hall–Kier alpha value is -3.67. The molecule has 0 spiro atoms. The molecule has 1 unspecified atom stereocenters. The number of carbonyl (C=O) groups is 1. The van der Waals surface area contributed by atoms with E-state index in [0.29, 0.717) is 17.5 Å². The molecule has 156 valence electrons. The van der Waals surface area contributed by atoms with Crippen LogP contribution in [-0.4, -0.2) is 20.7 Å². The summed E-state index contributed by atoms with van der Waals surface area (Å²) in [4.78, 5) is 17.6. The molecule has 6 heteroatoms. The second kappa shape index (κ2) is 7.87. The zero-order chi connectivity index (χ0) is 21.4. The van der Waals surface area contributed by atoms with Gasteiger partial charge in [-0.1, -0.05) is 42.5 Å². The lowest BCUT2D eigenvalue weighted by Gasteiger charge is -2.27. The molecule has 31 heavy (non-hydrogen) atoms. The highest BCUT2D eigenvalue weighted by Gasteiger charge is 2.26. The third kappa shape index (κ3) is 3.54. The van der Waals surface area contributed by atoms with Gasteiger partial charge >= 0.3 is 0 Å². The van der Waals surface area contributed by atoms with Crippen LogP contribution in [0.25, 0.3) is 11.5 Å². The van der Waals surface area contributed by atoms with Crippen LogP contribution in [0.2, 0.25) is 0 Å². The molecular formula is C25H24N4O2. The number of amides is 1. The van der Waals surface area contributed by atoms with Crippen LogP contribution in [-0.2, 0) is 6.42 Å². The Kier molecular flexibility index (Phi) is 4.90. The van der Waals surface area contributed by atoms with Gasteiger partial charge in [-0.05, 0) is 56.4 Å². The molecule has 1 atom stereocenters. The summed E-state index contributed by atoms with van der Waals surface area (Å²) >= 11 is 0. The maximum absolute atomic E-state index is 13.1. The lowest BCUT2D eigenvalue weighted by molar-refractivity contribution is 0.102. The van der Waals surface area contributed by atoms with Gasteiger partial charge in [0.05, 0.1) is 12.2 Å². The molecule has 0 radical (unpaired) electrons. The van der Waals surface area contributed by atoms with Crippen molar-refractivity contribution in [2.75, 3.05) is 5.32 Å². The number of anilines is 1. The summed E-state index contributed by atoms with van der Waals surface area (Å²) in [5.74, 6) is 1.34. The molecular weight excluding hydrogens is 388 g/mol. The molecule has 2 aromatic carbocycles. The molecule has 0 bridgehead atoms.